The van der Waals surface area contributed by atoms with Crippen molar-refractivity contribution < 1.29 is 28.6 Å². The lowest BCUT2D eigenvalue weighted by atomic mass is 10.0. The Morgan fingerprint density at radius 1 is 0.322 bits per heavy atom. The van der Waals surface area contributed by atoms with E-state index in [9.17, 15) is 14.4 Å². The summed E-state index contributed by atoms with van der Waals surface area (Å²) in [7, 11) is 0. The number of unbranched alkanes of at least 4 members (excludes halogenated alkanes) is 32. The fourth-order valence-electron chi connectivity index (χ4n) is 7.49. The molecule has 0 bridgehead atoms. The minimum atomic E-state index is -0.770. The van der Waals surface area contributed by atoms with Crippen LogP contribution in [0.25, 0.3) is 0 Å². The maximum Gasteiger partial charge on any atom is 0.306 e. The van der Waals surface area contributed by atoms with Crippen LogP contribution in [-0.4, -0.2) is 37.2 Å². The lowest BCUT2D eigenvalue weighted by molar-refractivity contribution is -0.167. The van der Waals surface area contributed by atoms with E-state index in [-0.39, 0.29) is 31.1 Å². The molecule has 346 valence electrons. The van der Waals surface area contributed by atoms with E-state index in [4.69, 9.17) is 14.2 Å². The number of carbonyl (C=O) groups excluding carboxylic acids is 3. The Morgan fingerprint density at radius 3 is 0.864 bits per heavy atom. The topological polar surface area (TPSA) is 78.9 Å². The first-order valence-electron chi connectivity index (χ1n) is 25.8. The van der Waals surface area contributed by atoms with Gasteiger partial charge in [-0.2, -0.15) is 0 Å². The van der Waals surface area contributed by atoms with Crippen molar-refractivity contribution in [2.24, 2.45) is 0 Å². The second kappa shape index (κ2) is 48.6. The summed E-state index contributed by atoms with van der Waals surface area (Å²) in [6, 6.07) is 0. The van der Waals surface area contributed by atoms with E-state index in [0.29, 0.717) is 19.3 Å². The summed E-state index contributed by atoms with van der Waals surface area (Å²) in [5, 5.41) is 0. The van der Waals surface area contributed by atoms with Crippen LogP contribution < -0.4 is 0 Å². The van der Waals surface area contributed by atoms with Crippen LogP contribution in [0.2, 0.25) is 0 Å². The average Bonchev–Trinajstić information content (AvgIpc) is 3.23. The van der Waals surface area contributed by atoms with Gasteiger partial charge in [-0.05, 0) is 70.6 Å². The molecule has 0 radical (unpaired) electrons. The number of hydrogen-bond donors (Lipinski definition) is 0. The predicted molar refractivity (Wildman–Crippen MR) is 252 cm³/mol. The van der Waals surface area contributed by atoms with Gasteiger partial charge in [0.25, 0.3) is 0 Å². The van der Waals surface area contributed by atoms with Crippen molar-refractivity contribution in [3.8, 4) is 0 Å². The first kappa shape index (κ1) is 56.9. The number of carbonyl (C=O) groups is 3. The van der Waals surface area contributed by atoms with Gasteiger partial charge >= 0.3 is 17.9 Å². The first-order valence-corrected chi connectivity index (χ1v) is 25.8. The molecule has 0 unspecified atom stereocenters. The van der Waals surface area contributed by atoms with Gasteiger partial charge in [0.1, 0.15) is 13.2 Å². The first-order chi connectivity index (χ1) is 29.0. The lowest BCUT2D eigenvalue weighted by Gasteiger charge is -2.18. The molecule has 6 nitrogen and oxygen atoms in total. The maximum atomic E-state index is 12.8. The maximum absolute atomic E-state index is 12.8. The average molecular weight is 831 g/mol. The zero-order valence-corrected chi connectivity index (χ0v) is 39.5. The molecule has 0 aromatic heterocycles. The summed E-state index contributed by atoms with van der Waals surface area (Å²) < 4.78 is 16.8. The van der Waals surface area contributed by atoms with Crippen molar-refractivity contribution in [2.75, 3.05) is 13.2 Å². The summed E-state index contributed by atoms with van der Waals surface area (Å²) in [5.74, 6) is -0.873. The molecule has 0 rings (SSSR count). The summed E-state index contributed by atoms with van der Waals surface area (Å²) in [6.07, 6.45) is 54.4. The number of rotatable bonds is 47. The molecule has 0 fully saturated rings. The Balaban J connectivity index is 4.35. The number of esters is 3. The number of ether oxygens (including phenoxy) is 3. The van der Waals surface area contributed by atoms with E-state index in [1.807, 2.05) is 0 Å². The van der Waals surface area contributed by atoms with E-state index in [2.05, 4.69) is 45.1 Å². The Bertz CT molecular complexity index is 958. The molecule has 0 spiro atoms. The number of hydrogen-bond acceptors (Lipinski definition) is 6. The van der Waals surface area contributed by atoms with Gasteiger partial charge in [0.05, 0.1) is 0 Å². The smallest absolute Gasteiger partial charge is 0.306 e. The minimum Gasteiger partial charge on any atom is -0.462 e. The number of allylic oxidation sites excluding steroid dienone is 4. The molecule has 0 saturated heterocycles. The molecule has 0 aliphatic carbocycles. The molecule has 0 aromatic rings. The van der Waals surface area contributed by atoms with Gasteiger partial charge in [-0.25, -0.2) is 0 Å². The molecule has 0 aliphatic heterocycles. The van der Waals surface area contributed by atoms with Crippen LogP contribution >= 0.6 is 0 Å². The standard InChI is InChI=1S/C53H98O6/c1-4-7-10-13-16-19-22-25-26-29-31-34-37-40-43-46-52(55)58-49-50(59-53(56)47-44-41-38-35-32-28-24-21-18-15-12-9-6-3)48-57-51(54)45-42-39-36-33-30-27-23-20-17-14-11-8-5-2/h19-20,22-23,50H,4-18,21,24-49H2,1-3H3/b22-19-,23-20-/t50-/m0/s1. The van der Waals surface area contributed by atoms with Crippen LogP contribution in [0.1, 0.15) is 278 Å². The van der Waals surface area contributed by atoms with Gasteiger partial charge in [0, 0.05) is 19.3 Å². The molecular formula is C53H98O6. The fraction of sp³-hybridized carbons (Fsp3) is 0.868. The molecule has 0 aliphatic rings. The van der Waals surface area contributed by atoms with E-state index in [0.717, 1.165) is 64.2 Å². The van der Waals surface area contributed by atoms with Gasteiger partial charge < -0.3 is 14.2 Å². The Hall–Kier alpha value is -2.11. The highest BCUT2D eigenvalue weighted by molar-refractivity contribution is 5.71. The van der Waals surface area contributed by atoms with Crippen LogP contribution in [0.15, 0.2) is 24.3 Å². The normalized spacial score (nSPS) is 12.1. The van der Waals surface area contributed by atoms with E-state index < -0.39 is 6.10 Å². The molecule has 0 N–H and O–H groups in total. The predicted octanol–water partition coefficient (Wildman–Crippen LogP) is 16.8. The Morgan fingerprint density at radius 2 is 0.559 bits per heavy atom. The summed E-state index contributed by atoms with van der Waals surface area (Å²) in [6.45, 7) is 6.62. The summed E-state index contributed by atoms with van der Waals surface area (Å²) in [5.41, 5.74) is 0. The molecule has 6 heteroatoms. The van der Waals surface area contributed by atoms with Crippen molar-refractivity contribution in [3.63, 3.8) is 0 Å². The highest BCUT2D eigenvalue weighted by atomic mass is 16.6. The largest absolute Gasteiger partial charge is 0.462 e. The van der Waals surface area contributed by atoms with E-state index >= 15 is 0 Å². The monoisotopic (exact) mass is 831 g/mol. The van der Waals surface area contributed by atoms with Crippen LogP contribution in [-0.2, 0) is 28.6 Å². The highest BCUT2D eigenvalue weighted by Gasteiger charge is 2.19. The van der Waals surface area contributed by atoms with Crippen molar-refractivity contribution in [3.05, 3.63) is 24.3 Å². The second-order valence-electron chi connectivity index (χ2n) is 17.4. The molecule has 59 heavy (non-hydrogen) atoms. The summed E-state index contributed by atoms with van der Waals surface area (Å²) >= 11 is 0. The zero-order valence-electron chi connectivity index (χ0n) is 39.5. The van der Waals surface area contributed by atoms with Crippen molar-refractivity contribution in [1.29, 1.82) is 0 Å². The SMILES string of the molecule is CCCCCC/C=C\CCCCCCCCCC(=O)OC[C@H](COC(=O)CCCCCCC/C=C\CCCCCC)OC(=O)CCCCCCCCCCCCCCC. The highest BCUT2D eigenvalue weighted by Crippen LogP contribution is 2.15. The zero-order chi connectivity index (χ0) is 43.0. The molecule has 0 heterocycles. The molecular weight excluding hydrogens is 733 g/mol. The fourth-order valence-corrected chi connectivity index (χ4v) is 7.49. The van der Waals surface area contributed by atoms with Crippen molar-refractivity contribution in [2.45, 2.75) is 284 Å². The van der Waals surface area contributed by atoms with Gasteiger partial charge in [-0.1, -0.05) is 212 Å². The Labute approximate surface area is 366 Å². The molecule has 0 saturated carbocycles. The van der Waals surface area contributed by atoms with Crippen LogP contribution in [0, 0.1) is 0 Å². The van der Waals surface area contributed by atoms with Gasteiger partial charge in [0.2, 0.25) is 0 Å². The van der Waals surface area contributed by atoms with Gasteiger partial charge in [-0.15, -0.1) is 0 Å². The second-order valence-corrected chi connectivity index (χ2v) is 17.4. The van der Waals surface area contributed by atoms with Gasteiger partial charge in [0.15, 0.2) is 6.10 Å². The summed E-state index contributed by atoms with van der Waals surface area (Å²) in [4.78, 5) is 37.9. The van der Waals surface area contributed by atoms with Crippen LogP contribution in [0.5, 0.6) is 0 Å². The van der Waals surface area contributed by atoms with Crippen molar-refractivity contribution in [1.82, 2.24) is 0 Å². The van der Waals surface area contributed by atoms with Crippen LogP contribution in [0.3, 0.4) is 0 Å². The molecule has 0 amide bonds. The third kappa shape index (κ3) is 46.8. The van der Waals surface area contributed by atoms with Gasteiger partial charge in [-0.3, -0.25) is 14.4 Å². The third-order valence-corrected chi connectivity index (χ3v) is 11.4. The lowest BCUT2D eigenvalue weighted by Crippen LogP contribution is -2.30. The quantitative estimate of drug-likeness (QED) is 0.0263. The van der Waals surface area contributed by atoms with Crippen LogP contribution in [0.4, 0.5) is 0 Å². The van der Waals surface area contributed by atoms with E-state index in [1.165, 1.54) is 173 Å². The van der Waals surface area contributed by atoms with E-state index in [1.54, 1.807) is 0 Å². The third-order valence-electron chi connectivity index (χ3n) is 11.4. The minimum absolute atomic E-state index is 0.0726. The molecule has 0 aromatic carbocycles. The molecule has 1 atom stereocenters. The Kier molecular flexibility index (Phi) is 46.8. The van der Waals surface area contributed by atoms with Crippen molar-refractivity contribution >= 4 is 17.9 Å².